The molecule has 3 aromatic carbocycles. The van der Waals surface area contributed by atoms with E-state index in [9.17, 15) is 0 Å². The van der Waals surface area contributed by atoms with Gasteiger partial charge in [-0.15, -0.1) is 0 Å². The van der Waals surface area contributed by atoms with Crippen molar-refractivity contribution in [2.24, 2.45) is 4.99 Å². The van der Waals surface area contributed by atoms with Crippen LogP contribution in [0.1, 0.15) is 50.0 Å². The second-order valence-corrected chi connectivity index (χ2v) is 7.21. The number of aryl methyl sites for hydroxylation is 1. The number of hydrogen-bond donors (Lipinski definition) is 4. The molecular formula is C27H37N5. The summed E-state index contributed by atoms with van der Waals surface area (Å²) in [5, 5.41) is 10.2. The molecule has 0 aromatic heterocycles. The molecule has 0 spiro atoms. The molecule has 0 radical (unpaired) electrons. The monoisotopic (exact) mass is 431 g/mol. The van der Waals surface area contributed by atoms with E-state index in [1.54, 1.807) is 7.05 Å². The maximum absolute atomic E-state index is 6.04. The summed E-state index contributed by atoms with van der Waals surface area (Å²) in [6.07, 6.45) is 1.11. The summed E-state index contributed by atoms with van der Waals surface area (Å²) < 4.78 is 0. The van der Waals surface area contributed by atoms with Gasteiger partial charge in [-0.05, 0) is 43.2 Å². The summed E-state index contributed by atoms with van der Waals surface area (Å²) in [6.45, 7) is 9.36. The maximum Gasteiger partial charge on any atom is 0.131 e. The molecule has 1 aliphatic rings. The molecule has 1 aliphatic heterocycles. The van der Waals surface area contributed by atoms with Crippen molar-refractivity contribution < 1.29 is 0 Å². The predicted molar refractivity (Wildman–Crippen MR) is 141 cm³/mol. The Morgan fingerprint density at radius 2 is 1.56 bits per heavy atom. The molecule has 32 heavy (non-hydrogen) atoms. The Morgan fingerprint density at radius 1 is 0.906 bits per heavy atom. The van der Waals surface area contributed by atoms with Crippen LogP contribution < -0.4 is 21.7 Å². The number of fused-ring (bicyclic) bond motifs is 1. The van der Waals surface area contributed by atoms with E-state index in [4.69, 9.17) is 5.73 Å². The Hall–Kier alpha value is -3.47. The highest BCUT2D eigenvalue weighted by Crippen LogP contribution is 2.28. The number of nitrogen functional groups attached to an aromatic ring is 1. The minimum Gasteiger partial charge on any atom is -0.398 e. The molecule has 1 heterocycles. The molecule has 5 N–H and O–H groups in total. The lowest BCUT2D eigenvalue weighted by Gasteiger charge is -2.31. The van der Waals surface area contributed by atoms with E-state index in [0.717, 1.165) is 34.9 Å². The number of nitrogens with zero attached hydrogens (tertiary/aromatic N) is 1. The van der Waals surface area contributed by atoms with Gasteiger partial charge in [0, 0.05) is 41.8 Å². The number of para-hydroxylation sites is 3. The highest BCUT2D eigenvalue weighted by Gasteiger charge is 2.23. The molecule has 5 heteroatoms. The molecule has 1 atom stereocenters. The van der Waals surface area contributed by atoms with E-state index < -0.39 is 0 Å². The van der Waals surface area contributed by atoms with Gasteiger partial charge in [-0.3, -0.25) is 4.99 Å². The summed E-state index contributed by atoms with van der Waals surface area (Å²) in [7, 11) is 1.79. The van der Waals surface area contributed by atoms with Gasteiger partial charge in [0.05, 0.1) is 0 Å². The lowest BCUT2D eigenvalue weighted by atomic mass is 10.0. The Balaban J connectivity index is 0.000000239. The zero-order chi connectivity index (χ0) is 23.3. The van der Waals surface area contributed by atoms with Crippen LogP contribution in [-0.2, 0) is 0 Å². The van der Waals surface area contributed by atoms with Gasteiger partial charge in [0.25, 0.3) is 0 Å². The summed E-state index contributed by atoms with van der Waals surface area (Å²) in [4.78, 5) is 4.32. The van der Waals surface area contributed by atoms with E-state index in [2.05, 4.69) is 59.1 Å². The lowest BCUT2D eigenvalue weighted by molar-refractivity contribution is 0.722. The predicted octanol–water partition coefficient (Wildman–Crippen LogP) is 6.20. The van der Waals surface area contributed by atoms with Gasteiger partial charge in [0.2, 0.25) is 0 Å². The fourth-order valence-electron chi connectivity index (χ4n) is 3.37. The van der Waals surface area contributed by atoms with Crippen molar-refractivity contribution in [2.75, 3.05) is 30.0 Å². The number of anilines is 3. The summed E-state index contributed by atoms with van der Waals surface area (Å²) in [5.74, 6) is 0.877. The van der Waals surface area contributed by atoms with Gasteiger partial charge in [-0.25, -0.2) is 0 Å². The van der Waals surface area contributed by atoms with E-state index in [0.29, 0.717) is 0 Å². The van der Waals surface area contributed by atoms with Crippen LogP contribution in [0.4, 0.5) is 17.1 Å². The van der Waals surface area contributed by atoms with Crippen LogP contribution in [-0.4, -0.2) is 19.4 Å². The van der Waals surface area contributed by atoms with Gasteiger partial charge in [0.1, 0.15) is 12.0 Å². The van der Waals surface area contributed by atoms with Crippen molar-refractivity contribution >= 4 is 22.9 Å². The highest BCUT2D eigenvalue weighted by molar-refractivity contribution is 6.05. The molecule has 0 amide bonds. The van der Waals surface area contributed by atoms with Crippen LogP contribution in [0.15, 0.2) is 77.8 Å². The van der Waals surface area contributed by atoms with E-state index in [1.807, 2.05) is 62.4 Å². The van der Waals surface area contributed by atoms with Crippen molar-refractivity contribution in [2.45, 2.75) is 40.3 Å². The van der Waals surface area contributed by atoms with Crippen molar-refractivity contribution in [3.05, 3.63) is 89.5 Å². The van der Waals surface area contributed by atoms with Gasteiger partial charge in [-0.1, -0.05) is 69.3 Å². The van der Waals surface area contributed by atoms with Crippen molar-refractivity contribution in [1.29, 1.82) is 0 Å². The Morgan fingerprint density at radius 3 is 2.25 bits per heavy atom. The quantitative estimate of drug-likeness (QED) is 0.371. The van der Waals surface area contributed by atoms with Crippen molar-refractivity contribution in [3.8, 4) is 0 Å². The lowest BCUT2D eigenvalue weighted by Crippen LogP contribution is -2.39. The second kappa shape index (κ2) is 13.1. The highest BCUT2D eigenvalue weighted by atomic mass is 15.2. The van der Waals surface area contributed by atoms with E-state index in [-0.39, 0.29) is 6.17 Å². The summed E-state index contributed by atoms with van der Waals surface area (Å²) in [5.41, 5.74) is 12.6. The van der Waals surface area contributed by atoms with Crippen molar-refractivity contribution in [3.63, 3.8) is 0 Å². The number of nitrogens with two attached hydrogens (primary N) is 1. The fourth-order valence-corrected chi connectivity index (χ4v) is 3.37. The van der Waals surface area contributed by atoms with Gasteiger partial charge >= 0.3 is 0 Å². The summed E-state index contributed by atoms with van der Waals surface area (Å²) >= 11 is 0. The minimum atomic E-state index is -0.0604. The molecule has 0 saturated heterocycles. The Labute approximate surface area is 193 Å². The van der Waals surface area contributed by atoms with Gasteiger partial charge < -0.3 is 21.7 Å². The van der Waals surface area contributed by atoms with Crippen molar-refractivity contribution in [1.82, 2.24) is 5.32 Å². The minimum absolute atomic E-state index is 0.0604. The average molecular weight is 432 g/mol. The third kappa shape index (κ3) is 6.51. The number of amidine groups is 1. The number of benzene rings is 3. The fraction of sp³-hybridized carbons (Fsp3) is 0.296. The molecule has 3 aromatic rings. The van der Waals surface area contributed by atoms with Crippen LogP contribution >= 0.6 is 0 Å². The van der Waals surface area contributed by atoms with Gasteiger partial charge in [-0.2, -0.15) is 0 Å². The van der Waals surface area contributed by atoms with E-state index >= 15 is 0 Å². The van der Waals surface area contributed by atoms with Crippen LogP contribution in [0.2, 0.25) is 0 Å². The van der Waals surface area contributed by atoms with Crippen LogP contribution in [0.3, 0.4) is 0 Å². The van der Waals surface area contributed by atoms with Crippen LogP contribution in [0.25, 0.3) is 0 Å². The molecule has 0 fully saturated rings. The molecular weight excluding hydrogens is 394 g/mol. The largest absolute Gasteiger partial charge is 0.398 e. The average Bonchev–Trinajstić information content (AvgIpc) is 2.85. The first-order valence-electron chi connectivity index (χ1n) is 11.4. The Kier molecular flexibility index (Phi) is 10.1. The van der Waals surface area contributed by atoms with E-state index in [1.165, 1.54) is 17.7 Å². The zero-order valence-corrected chi connectivity index (χ0v) is 19.9. The summed E-state index contributed by atoms with van der Waals surface area (Å²) in [6, 6.07) is 24.3. The number of rotatable bonds is 4. The normalized spacial score (nSPS) is 15.0. The SMILES string of the molecule is CC.CCCNc1ccccc1C.CN=C1NC(c2ccccc2N)Nc2ccccc21. The Bertz CT molecular complexity index is 997. The van der Waals surface area contributed by atoms with Crippen LogP contribution in [0.5, 0.6) is 0 Å². The molecule has 5 nitrogen and oxygen atoms in total. The zero-order valence-electron chi connectivity index (χ0n) is 19.9. The first-order chi connectivity index (χ1) is 15.6. The molecule has 0 saturated carbocycles. The first-order valence-corrected chi connectivity index (χ1v) is 11.4. The first kappa shape index (κ1) is 24.8. The van der Waals surface area contributed by atoms with Crippen LogP contribution in [0, 0.1) is 6.92 Å². The molecule has 0 aliphatic carbocycles. The number of hydrogen-bond acceptors (Lipinski definition) is 4. The topological polar surface area (TPSA) is 74.5 Å². The molecule has 1 unspecified atom stereocenters. The third-order valence-corrected chi connectivity index (χ3v) is 5.00. The molecule has 0 bridgehead atoms. The standard InChI is InChI=1S/C15H16N4.C10H15N.C2H6/c1-17-14-11-7-3-5-9-13(11)18-15(19-14)10-6-2-4-8-12(10)16;1-3-8-11-10-7-5-4-6-9(10)2;1-2/h2-9,15,18H,16H2,1H3,(H,17,19);4-7,11H,3,8H2,1-2H3;1-2H3. The second-order valence-electron chi connectivity index (χ2n) is 7.21. The molecule has 4 rings (SSSR count). The maximum atomic E-state index is 6.04. The number of aliphatic imine (C=N–C) groups is 1. The smallest absolute Gasteiger partial charge is 0.131 e. The third-order valence-electron chi connectivity index (χ3n) is 5.00. The molecule has 170 valence electrons. The number of nitrogens with one attached hydrogen (secondary N) is 3. The van der Waals surface area contributed by atoms with Gasteiger partial charge in [0.15, 0.2) is 0 Å².